The van der Waals surface area contributed by atoms with Gasteiger partial charge in [-0.05, 0) is 17.8 Å². The molecule has 0 unspecified atom stereocenters. The average Bonchev–Trinajstić information content (AvgIpc) is 2.71. The van der Waals surface area contributed by atoms with E-state index < -0.39 is 4.92 Å². The van der Waals surface area contributed by atoms with Crippen LogP contribution in [0, 0.1) is 10.1 Å². The van der Waals surface area contributed by atoms with Gasteiger partial charge in [-0.2, -0.15) is 0 Å². The van der Waals surface area contributed by atoms with Gasteiger partial charge in [0.2, 0.25) is 0 Å². The molecule has 0 aliphatic rings. The van der Waals surface area contributed by atoms with E-state index in [0.717, 1.165) is 11.8 Å². The van der Waals surface area contributed by atoms with E-state index in [-0.39, 0.29) is 17.3 Å². The number of hydrogen-bond acceptors (Lipinski definition) is 6. The van der Waals surface area contributed by atoms with Gasteiger partial charge in [-0.25, -0.2) is 9.97 Å². The van der Waals surface area contributed by atoms with Gasteiger partial charge < -0.3 is 9.67 Å². The van der Waals surface area contributed by atoms with Crippen molar-refractivity contribution in [3.05, 3.63) is 40.3 Å². The van der Waals surface area contributed by atoms with Gasteiger partial charge in [-0.3, -0.25) is 10.1 Å². The average molecular weight is 266 g/mol. The molecule has 0 aliphatic heterocycles. The van der Waals surface area contributed by atoms with Crippen LogP contribution in [0.3, 0.4) is 0 Å². The van der Waals surface area contributed by atoms with Crippen molar-refractivity contribution in [3.8, 4) is 0 Å². The summed E-state index contributed by atoms with van der Waals surface area (Å²) in [4.78, 5) is 18.4. The third kappa shape index (κ3) is 2.34. The quantitative estimate of drug-likeness (QED) is 0.663. The molecule has 0 saturated heterocycles. The van der Waals surface area contributed by atoms with Crippen molar-refractivity contribution >= 4 is 17.4 Å². The zero-order chi connectivity index (χ0) is 13.1. The van der Waals surface area contributed by atoms with E-state index in [2.05, 4.69) is 9.97 Å². The fourth-order valence-corrected chi connectivity index (χ4v) is 2.25. The van der Waals surface area contributed by atoms with E-state index in [1.165, 1.54) is 24.5 Å². The summed E-state index contributed by atoms with van der Waals surface area (Å²) in [6.45, 7) is -0.131. The minimum Gasteiger partial charge on any atom is -0.390 e. The monoisotopic (exact) mass is 266 g/mol. The van der Waals surface area contributed by atoms with Gasteiger partial charge in [0, 0.05) is 19.3 Å². The number of rotatable bonds is 4. The summed E-state index contributed by atoms with van der Waals surface area (Å²) in [5.74, 6) is 0. The fraction of sp³-hybridized carbons (Fsp3) is 0.200. The molecule has 18 heavy (non-hydrogen) atoms. The lowest BCUT2D eigenvalue weighted by molar-refractivity contribution is -0.388. The number of aliphatic hydroxyl groups excluding tert-OH is 1. The van der Waals surface area contributed by atoms with Crippen molar-refractivity contribution in [1.29, 1.82) is 0 Å². The predicted molar refractivity (Wildman–Crippen MR) is 64.1 cm³/mol. The van der Waals surface area contributed by atoms with Crippen LogP contribution >= 0.6 is 11.8 Å². The third-order valence-electron chi connectivity index (χ3n) is 2.34. The Morgan fingerprint density at radius 1 is 1.56 bits per heavy atom. The molecule has 7 nitrogen and oxygen atoms in total. The fourth-order valence-electron chi connectivity index (χ4n) is 1.35. The van der Waals surface area contributed by atoms with Gasteiger partial charge >= 0.3 is 5.69 Å². The molecule has 0 amide bonds. The molecule has 2 aromatic rings. The van der Waals surface area contributed by atoms with Crippen molar-refractivity contribution in [1.82, 2.24) is 14.5 Å². The first-order chi connectivity index (χ1) is 8.63. The molecule has 94 valence electrons. The van der Waals surface area contributed by atoms with Gasteiger partial charge in [0.05, 0.1) is 23.4 Å². The molecule has 0 fully saturated rings. The molecule has 0 radical (unpaired) electrons. The molecular formula is C10H10N4O3S. The Kier molecular flexibility index (Phi) is 3.58. The first-order valence-corrected chi connectivity index (χ1v) is 5.84. The van der Waals surface area contributed by atoms with Gasteiger partial charge in [-0.1, -0.05) is 0 Å². The van der Waals surface area contributed by atoms with E-state index in [1.54, 1.807) is 11.6 Å². The molecule has 8 heteroatoms. The molecule has 0 aliphatic carbocycles. The van der Waals surface area contributed by atoms with Crippen LogP contribution in [0.4, 0.5) is 5.69 Å². The minimum absolute atomic E-state index is 0.0592. The number of nitro groups is 1. The first-order valence-electron chi connectivity index (χ1n) is 5.02. The van der Waals surface area contributed by atoms with E-state index in [9.17, 15) is 10.1 Å². The molecule has 0 atom stereocenters. The number of aliphatic hydroxyl groups is 1. The predicted octanol–water partition coefficient (Wildman–Crippen LogP) is 1.37. The number of nitrogens with zero attached hydrogens (tertiary/aromatic N) is 4. The van der Waals surface area contributed by atoms with Crippen LogP contribution < -0.4 is 0 Å². The summed E-state index contributed by atoms with van der Waals surface area (Å²) < 4.78 is 1.67. The number of pyridine rings is 1. The van der Waals surface area contributed by atoms with Gasteiger partial charge in [-0.15, -0.1) is 0 Å². The molecular weight excluding hydrogens is 256 g/mol. The van der Waals surface area contributed by atoms with Crippen LogP contribution in [0.25, 0.3) is 0 Å². The maximum absolute atomic E-state index is 10.8. The van der Waals surface area contributed by atoms with Gasteiger partial charge in [0.15, 0.2) is 10.2 Å². The Labute approximate surface area is 107 Å². The van der Waals surface area contributed by atoms with Crippen LogP contribution in [-0.4, -0.2) is 24.6 Å². The lowest BCUT2D eigenvalue weighted by Crippen LogP contribution is -1.98. The van der Waals surface area contributed by atoms with Crippen molar-refractivity contribution in [2.45, 2.75) is 16.8 Å². The summed E-state index contributed by atoms with van der Waals surface area (Å²) >= 11 is 1.09. The summed E-state index contributed by atoms with van der Waals surface area (Å²) in [5.41, 5.74) is 0.576. The maximum Gasteiger partial charge on any atom is 0.301 e. The highest BCUT2D eigenvalue weighted by Gasteiger charge is 2.18. The Morgan fingerprint density at radius 2 is 2.33 bits per heavy atom. The Morgan fingerprint density at radius 3 is 2.94 bits per heavy atom. The van der Waals surface area contributed by atoms with E-state index in [1.807, 2.05) is 0 Å². The van der Waals surface area contributed by atoms with Crippen LogP contribution in [0.2, 0.25) is 0 Å². The molecule has 0 saturated carbocycles. The Balaban J connectivity index is 2.34. The van der Waals surface area contributed by atoms with Crippen molar-refractivity contribution < 1.29 is 10.0 Å². The summed E-state index contributed by atoms with van der Waals surface area (Å²) in [5, 5.41) is 20.7. The van der Waals surface area contributed by atoms with E-state index >= 15 is 0 Å². The highest BCUT2D eigenvalue weighted by molar-refractivity contribution is 7.99. The number of aromatic nitrogens is 3. The normalized spacial score (nSPS) is 10.6. The van der Waals surface area contributed by atoms with Gasteiger partial charge in [0.25, 0.3) is 0 Å². The lowest BCUT2D eigenvalue weighted by Gasteiger charge is -2.03. The highest BCUT2D eigenvalue weighted by atomic mass is 32.2. The van der Waals surface area contributed by atoms with E-state index in [0.29, 0.717) is 10.9 Å². The highest BCUT2D eigenvalue weighted by Crippen LogP contribution is 2.31. The SMILES string of the molecule is Cn1c(CO)cnc1Sc1ncccc1[N+](=O)[O-]. The molecule has 0 bridgehead atoms. The zero-order valence-corrected chi connectivity index (χ0v) is 10.3. The number of hydrogen-bond donors (Lipinski definition) is 1. The van der Waals surface area contributed by atoms with E-state index in [4.69, 9.17) is 5.11 Å². The summed E-state index contributed by atoms with van der Waals surface area (Å²) in [6.07, 6.45) is 3.02. The van der Waals surface area contributed by atoms with Crippen LogP contribution in [0.15, 0.2) is 34.7 Å². The molecule has 1 N–H and O–H groups in total. The first kappa shape index (κ1) is 12.5. The molecule has 2 aromatic heterocycles. The second-order valence-electron chi connectivity index (χ2n) is 3.44. The third-order valence-corrected chi connectivity index (χ3v) is 3.41. The zero-order valence-electron chi connectivity index (χ0n) is 9.48. The second-order valence-corrected chi connectivity index (χ2v) is 4.39. The van der Waals surface area contributed by atoms with Gasteiger partial charge in [0.1, 0.15) is 0 Å². The summed E-state index contributed by atoms with van der Waals surface area (Å²) in [7, 11) is 1.73. The standard InChI is InChI=1S/C10H10N4O3S/c1-13-7(6-15)5-12-10(13)18-9-8(14(16)17)3-2-4-11-9/h2-5,15H,6H2,1H3. The molecule has 2 rings (SSSR count). The minimum atomic E-state index is -0.481. The van der Waals surface area contributed by atoms with Crippen LogP contribution in [-0.2, 0) is 13.7 Å². The lowest BCUT2D eigenvalue weighted by atomic mass is 10.4. The smallest absolute Gasteiger partial charge is 0.301 e. The van der Waals surface area contributed by atoms with Crippen LogP contribution in [0.5, 0.6) is 0 Å². The van der Waals surface area contributed by atoms with Crippen molar-refractivity contribution in [3.63, 3.8) is 0 Å². The molecule has 2 heterocycles. The summed E-state index contributed by atoms with van der Waals surface area (Å²) in [6, 6.07) is 2.91. The second kappa shape index (κ2) is 5.15. The molecule has 0 spiro atoms. The number of imidazole rings is 1. The maximum atomic E-state index is 10.8. The molecule has 0 aromatic carbocycles. The Hall–Kier alpha value is -1.93. The van der Waals surface area contributed by atoms with Crippen molar-refractivity contribution in [2.24, 2.45) is 7.05 Å². The van der Waals surface area contributed by atoms with Crippen LogP contribution in [0.1, 0.15) is 5.69 Å². The topological polar surface area (TPSA) is 94.1 Å². The largest absolute Gasteiger partial charge is 0.390 e. The Bertz CT molecular complexity index is 584. The van der Waals surface area contributed by atoms with Crippen molar-refractivity contribution in [2.75, 3.05) is 0 Å².